The van der Waals surface area contributed by atoms with Crippen molar-refractivity contribution in [3.63, 3.8) is 0 Å². The average molecular weight is 533 g/mol. The lowest BCUT2D eigenvalue weighted by Crippen LogP contribution is -2.47. The molecule has 2 fully saturated rings. The number of esters is 1. The number of benzene rings is 1. The third kappa shape index (κ3) is 6.78. The van der Waals surface area contributed by atoms with Gasteiger partial charge >= 0.3 is 5.97 Å². The molecule has 1 aromatic carbocycles. The third-order valence-corrected chi connectivity index (χ3v) is 7.19. The van der Waals surface area contributed by atoms with Crippen LogP contribution in [-0.4, -0.2) is 60.4 Å². The zero-order valence-corrected chi connectivity index (χ0v) is 21.0. The quantitative estimate of drug-likeness (QED) is 0.148. The van der Waals surface area contributed by atoms with Gasteiger partial charge in [0.2, 0.25) is 11.7 Å². The molecule has 3 rings (SSSR count). The van der Waals surface area contributed by atoms with Crippen LogP contribution in [0.15, 0.2) is 0 Å². The monoisotopic (exact) mass is 532 g/mol. The summed E-state index contributed by atoms with van der Waals surface area (Å²) >= 11 is 0. The maximum Gasteiger partial charge on any atom is 0.309 e. The lowest BCUT2D eigenvalue weighted by molar-refractivity contribution is -0.152. The van der Waals surface area contributed by atoms with Crippen molar-refractivity contribution < 1.29 is 41.1 Å². The number of ether oxygens (including phenoxy) is 1. The van der Waals surface area contributed by atoms with Crippen molar-refractivity contribution in [1.29, 1.82) is 0 Å². The van der Waals surface area contributed by atoms with Gasteiger partial charge in [0.15, 0.2) is 23.3 Å². The van der Waals surface area contributed by atoms with Gasteiger partial charge in [-0.15, -0.1) is 0 Å². The first-order valence-electron chi connectivity index (χ1n) is 12.9. The van der Waals surface area contributed by atoms with Crippen molar-refractivity contribution in [2.75, 3.05) is 32.8 Å². The van der Waals surface area contributed by atoms with Gasteiger partial charge in [0.25, 0.3) is 5.91 Å². The molecule has 0 aliphatic carbocycles. The molecule has 0 bridgehead atoms. The van der Waals surface area contributed by atoms with Gasteiger partial charge < -0.3 is 14.5 Å². The summed E-state index contributed by atoms with van der Waals surface area (Å²) in [5, 5.41) is 0. The summed E-state index contributed by atoms with van der Waals surface area (Å²) in [4.78, 5) is 40.4. The SMILES string of the molecule is CCCCCCCOC(=O)C1CCN(C(=O)C2CCN(C(=O)c3c(F)c(F)c(F)c(F)c3F)CC2)CC1. The molecule has 0 spiro atoms. The normalized spacial score (nSPS) is 17.2. The number of carbonyl (C=O) groups is 3. The van der Waals surface area contributed by atoms with E-state index in [1.807, 2.05) is 0 Å². The molecule has 11 heteroatoms. The van der Waals surface area contributed by atoms with Gasteiger partial charge in [0.1, 0.15) is 5.56 Å². The standard InChI is InChI=1S/C26H33F5N2O4/c1-2-3-4-5-6-15-37-26(36)17-9-13-32(14-10-17)24(34)16-7-11-33(12-8-16)25(35)18-19(27)21(29)23(31)22(30)20(18)28/h16-17H,2-15H2,1H3. The van der Waals surface area contributed by atoms with Crippen LogP contribution in [-0.2, 0) is 14.3 Å². The number of rotatable bonds is 9. The van der Waals surface area contributed by atoms with Crippen molar-refractivity contribution in [2.24, 2.45) is 11.8 Å². The highest BCUT2D eigenvalue weighted by Gasteiger charge is 2.36. The Bertz CT molecular complexity index is 961. The van der Waals surface area contributed by atoms with Gasteiger partial charge in [0, 0.05) is 32.1 Å². The molecule has 0 atom stereocenters. The number of piperidine rings is 2. The topological polar surface area (TPSA) is 66.9 Å². The maximum absolute atomic E-state index is 14.0. The van der Waals surface area contributed by atoms with Gasteiger partial charge in [0.05, 0.1) is 12.5 Å². The number of hydrogen-bond acceptors (Lipinski definition) is 4. The second kappa shape index (κ2) is 13.2. The molecule has 1 aromatic rings. The van der Waals surface area contributed by atoms with E-state index in [9.17, 15) is 36.3 Å². The van der Waals surface area contributed by atoms with Gasteiger partial charge in [-0.3, -0.25) is 14.4 Å². The van der Waals surface area contributed by atoms with Crippen molar-refractivity contribution in [2.45, 2.75) is 64.7 Å². The Balaban J connectivity index is 1.45. The molecule has 2 amide bonds. The molecule has 2 saturated heterocycles. The molecular formula is C26H33F5N2O4. The molecule has 206 valence electrons. The van der Waals surface area contributed by atoms with Crippen molar-refractivity contribution >= 4 is 17.8 Å². The Labute approximate surface area is 213 Å². The van der Waals surface area contributed by atoms with Crippen molar-refractivity contribution in [1.82, 2.24) is 9.80 Å². The van der Waals surface area contributed by atoms with E-state index < -0.39 is 46.5 Å². The van der Waals surface area contributed by atoms with Gasteiger partial charge in [-0.25, -0.2) is 22.0 Å². The molecule has 0 aromatic heterocycles. The maximum atomic E-state index is 14.0. The van der Waals surface area contributed by atoms with Crippen molar-refractivity contribution in [3.8, 4) is 0 Å². The summed E-state index contributed by atoms with van der Waals surface area (Å²) < 4.78 is 73.7. The number of halogens is 5. The molecule has 2 aliphatic rings. The number of nitrogens with zero attached hydrogens (tertiary/aromatic N) is 2. The molecule has 0 radical (unpaired) electrons. The fourth-order valence-electron chi connectivity index (χ4n) is 4.87. The summed E-state index contributed by atoms with van der Waals surface area (Å²) in [5.74, 6) is -13.4. The Kier molecular flexibility index (Phi) is 10.3. The van der Waals surface area contributed by atoms with E-state index in [4.69, 9.17) is 4.74 Å². The van der Waals surface area contributed by atoms with Crippen LogP contribution < -0.4 is 0 Å². The highest BCUT2D eigenvalue weighted by Crippen LogP contribution is 2.28. The average Bonchev–Trinajstić information content (AvgIpc) is 2.92. The number of carbonyl (C=O) groups excluding carboxylic acids is 3. The largest absolute Gasteiger partial charge is 0.465 e. The van der Waals surface area contributed by atoms with Crippen LogP contribution >= 0.6 is 0 Å². The highest BCUT2D eigenvalue weighted by molar-refractivity contribution is 5.95. The first kappa shape index (κ1) is 28.8. The lowest BCUT2D eigenvalue weighted by atomic mass is 9.92. The number of unbranched alkanes of at least 4 members (excludes halogenated alkanes) is 4. The van der Waals surface area contributed by atoms with Gasteiger partial charge in [-0.2, -0.15) is 0 Å². The molecular weight excluding hydrogens is 499 g/mol. The molecule has 6 nitrogen and oxygen atoms in total. The van der Waals surface area contributed by atoms with Gasteiger partial charge in [-0.05, 0) is 32.1 Å². The fourth-order valence-corrected chi connectivity index (χ4v) is 4.87. The van der Waals surface area contributed by atoms with Crippen LogP contribution in [0.5, 0.6) is 0 Å². The van der Waals surface area contributed by atoms with E-state index in [1.54, 1.807) is 4.90 Å². The zero-order chi connectivity index (χ0) is 27.1. The fraction of sp³-hybridized carbons (Fsp3) is 0.654. The van der Waals surface area contributed by atoms with Crippen molar-refractivity contribution in [3.05, 3.63) is 34.6 Å². The van der Waals surface area contributed by atoms with E-state index in [1.165, 1.54) is 6.42 Å². The lowest BCUT2D eigenvalue weighted by Gasteiger charge is -2.37. The Hall–Kier alpha value is -2.72. The first-order chi connectivity index (χ1) is 17.7. The number of amides is 2. The Morgan fingerprint density at radius 2 is 1.19 bits per heavy atom. The predicted octanol–water partition coefficient (Wildman–Crippen LogP) is 4.99. The van der Waals surface area contributed by atoms with E-state index in [0.29, 0.717) is 32.5 Å². The van der Waals surface area contributed by atoms with Crippen LogP contribution in [0.3, 0.4) is 0 Å². The minimum Gasteiger partial charge on any atom is -0.465 e. The Morgan fingerprint density at radius 3 is 1.76 bits per heavy atom. The summed E-state index contributed by atoms with van der Waals surface area (Å²) in [5.41, 5.74) is -1.49. The van der Waals surface area contributed by atoms with Gasteiger partial charge in [-0.1, -0.05) is 32.6 Å². The number of hydrogen-bond donors (Lipinski definition) is 0. The summed E-state index contributed by atoms with van der Waals surface area (Å²) in [6.07, 6.45) is 6.69. The number of likely N-dealkylation sites (tertiary alicyclic amines) is 2. The highest BCUT2D eigenvalue weighted by atomic mass is 19.2. The zero-order valence-electron chi connectivity index (χ0n) is 21.0. The molecule has 0 unspecified atom stereocenters. The summed E-state index contributed by atoms with van der Waals surface area (Å²) in [7, 11) is 0. The van der Waals surface area contributed by atoms with Crippen LogP contribution in [0.2, 0.25) is 0 Å². The van der Waals surface area contributed by atoms with Crippen LogP contribution in [0.1, 0.15) is 75.1 Å². The minimum absolute atomic E-state index is 0.0597. The first-order valence-corrected chi connectivity index (χ1v) is 12.9. The smallest absolute Gasteiger partial charge is 0.309 e. The van der Waals surface area contributed by atoms with E-state index >= 15 is 0 Å². The summed E-state index contributed by atoms with van der Waals surface area (Å²) in [6.45, 7) is 3.22. The predicted molar refractivity (Wildman–Crippen MR) is 124 cm³/mol. The summed E-state index contributed by atoms with van der Waals surface area (Å²) in [6, 6.07) is 0. The van der Waals surface area contributed by atoms with Crippen LogP contribution in [0.25, 0.3) is 0 Å². The van der Waals surface area contributed by atoms with Crippen LogP contribution in [0.4, 0.5) is 22.0 Å². The molecule has 0 N–H and O–H groups in total. The third-order valence-electron chi connectivity index (χ3n) is 7.19. The molecule has 2 aliphatic heterocycles. The van der Waals surface area contributed by atoms with Crippen LogP contribution in [0, 0.1) is 40.9 Å². The molecule has 2 heterocycles. The van der Waals surface area contributed by atoms with E-state index in [-0.39, 0.29) is 43.7 Å². The second-order valence-corrected chi connectivity index (χ2v) is 9.69. The Morgan fingerprint density at radius 1 is 0.703 bits per heavy atom. The van der Waals surface area contributed by atoms with E-state index in [2.05, 4.69) is 6.92 Å². The second-order valence-electron chi connectivity index (χ2n) is 9.69. The molecule has 0 saturated carbocycles. The minimum atomic E-state index is -2.32. The van der Waals surface area contributed by atoms with E-state index in [0.717, 1.165) is 30.6 Å². The molecule has 37 heavy (non-hydrogen) atoms.